The van der Waals surface area contributed by atoms with E-state index >= 15 is 0 Å². The molecule has 11 heteroatoms. The van der Waals surface area contributed by atoms with E-state index in [2.05, 4.69) is 15.6 Å². The molecule has 1 aromatic carbocycles. The number of hydrogen-bond acceptors (Lipinski definition) is 7. The Hall–Kier alpha value is -2.20. The van der Waals surface area contributed by atoms with Gasteiger partial charge in [0, 0.05) is 47.3 Å². The lowest BCUT2D eigenvalue weighted by atomic mass is 9.59. The molecule has 0 bridgehead atoms. The Morgan fingerprint density at radius 2 is 1.68 bits per heavy atom. The third-order valence-corrected chi connectivity index (χ3v) is 10.9. The summed E-state index contributed by atoms with van der Waals surface area (Å²) in [5.74, 6) is 0.780. The number of thioether (sulfide) groups is 2. The number of carbonyl (C=O) groups excluding carboxylic acids is 2. The van der Waals surface area contributed by atoms with Gasteiger partial charge in [-0.05, 0) is 30.5 Å². The maximum Gasteiger partial charge on any atom is 0.326 e. The molecule has 2 fully saturated rings. The highest BCUT2D eigenvalue weighted by atomic mass is 35.5. The van der Waals surface area contributed by atoms with Gasteiger partial charge in [-0.3, -0.25) is 14.6 Å². The van der Waals surface area contributed by atoms with Crippen LogP contribution in [0.15, 0.2) is 47.9 Å². The van der Waals surface area contributed by atoms with Crippen molar-refractivity contribution < 1.29 is 19.5 Å². The van der Waals surface area contributed by atoms with E-state index < -0.39 is 23.3 Å². The molecule has 200 valence electrons. The van der Waals surface area contributed by atoms with Gasteiger partial charge >= 0.3 is 5.97 Å². The largest absolute Gasteiger partial charge is 0.480 e. The first-order valence-corrected chi connectivity index (χ1v) is 15.4. The molecule has 0 unspecified atom stereocenters. The Morgan fingerprint density at radius 3 is 2.29 bits per heavy atom. The Balaban J connectivity index is 1.32. The molecule has 1 spiro atoms. The smallest absolute Gasteiger partial charge is 0.326 e. The quantitative estimate of drug-likeness (QED) is 0.352. The lowest BCUT2D eigenvalue weighted by Gasteiger charge is -2.48. The van der Waals surface area contributed by atoms with Gasteiger partial charge < -0.3 is 15.7 Å². The maximum absolute atomic E-state index is 13.4. The van der Waals surface area contributed by atoms with Gasteiger partial charge in [0.05, 0.1) is 25.6 Å². The van der Waals surface area contributed by atoms with Gasteiger partial charge in [0.25, 0.3) is 5.91 Å². The van der Waals surface area contributed by atoms with E-state index in [1.807, 2.05) is 0 Å². The third kappa shape index (κ3) is 5.30. The number of hydrogen-bond donors (Lipinski definition) is 3. The van der Waals surface area contributed by atoms with Gasteiger partial charge in [0.1, 0.15) is 6.04 Å². The minimum atomic E-state index is -0.965. The molecule has 7 nitrogen and oxygen atoms in total. The van der Waals surface area contributed by atoms with E-state index in [0.29, 0.717) is 5.69 Å². The van der Waals surface area contributed by atoms with Crippen molar-refractivity contribution in [2.45, 2.75) is 49.1 Å². The van der Waals surface area contributed by atoms with Crippen molar-refractivity contribution in [1.82, 2.24) is 10.3 Å². The highest BCUT2D eigenvalue weighted by Crippen LogP contribution is 2.56. The summed E-state index contributed by atoms with van der Waals surface area (Å²) in [6, 6.07) is 6.10. The monoisotopic (exact) mass is 591 g/mol. The summed E-state index contributed by atoms with van der Waals surface area (Å²) in [5.41, 5.74) is 2.55. The number of Topliss-reactive ketones (excluding diaryl/α,β-unsaturated/α-hetero) is 1. The van der Waals surface area contributed by atoms with E-state index in [1.54, 1.807) is 47.8 Å². The molecule has 0 radical (unpaired) electrons. The molecule has 2 heterocycles. The van der Waals surface area contributed by atoms with E-state index in [4.69, 9.17) is 23.2 Å². The van der Waals surface area contributed by atoms with Crippen LogP contribution in [0.4, 0.5) is 5.69 Å². The van der Waals surface area contributed by atoms with E-state index in [1.165, 1.54) is 12.4 Å². The second kappa shape index (κ2) is 11.5. The first-order chi connectivity index (χ1) is 18.3. The van der Waals surface area contributed by atoms with E-state index in [9.17, 15) is 19.5 Å². The number of halogens is 2. The molecular formula is C27H27Cl2N3O4S2. The molecule has 1 saturated carbocycles. The zero-order valence-corrected chi connectivity index (χ0v) is 23.6. The number of nitrogens with one attached hydrogen (secondary N) is 2. The molecule has 1 atom stereocenters. The van der Waals surface area contributed by atoms with Crippen molar-refractivity contribution in [2.24, 2.45) is 5.41 Å². The van der Waals surface area contributed by atoms with Gasteiger partial charge in [0.15, 0.2) is 5.78 Å². The fourth-order valence-corrected chi connectivity index (χ4v) is 8.91. The van der Waals surface area contributed by atoms with E-state index in [-0.39, 0.29) is 32.4 Å². The average molecular weight is 593 g/mol. The summed E-state index contributed by atoms with van der Waals surface area (Å²) in [6.45, 7) is 0. The number of nitrogens with zero attached hydrogens (tertiary/aromatic N) is 1. The van der Waals surface area contributed by atoms with Crippen LogP contribution in [-0.2, 0) is 16.0 Å². The lowest BCUT2D eigenvalue weighted by molar-refractivity contribution is -0.140. The number of benzene rings is 1. The minimum Gasteiger partial charge on any atom is -0.480 e. The number of ketones is 1. The Morgan fingerprint density at radius 1 is 1.05 bits per heavy atom. The predicted molar refractivity (Wildman–Crippen MR) is 153 cm³/mol. The molecular weight excluding hydrogens is 565 g/mol. The van der Waals surface area contributed by atoms with Crippen LogP contribution in [0.3, 0.4) is 0 Å². The fourth-order valence-electron chi connectivity index (χ4n) is 5.43. The Labute approximate surface area is 239 Å². The predicted octanol–water partition coefficient (Wildman–Crippen LogP) is 5.82. The third-order valence-electron chi connectivity index (χ3n) is 7.34. The number of carbonyl (C=O) groups is 3. The number of anilines is 1. The van der Waals surface area contributed by atoms with Gasteiger partial charge in [-0.25, -0.2) is 4.79 Å². The van der Waals surface area contributed by atoms with Crippen LogP contribution in [0.25, 0.3) is 0 Å². The zero-order chi connectivity index (χ0) is 26.9. The summed E-state index contributed by atoms with van der Waals surface area (Å²) >= 11 is 15.7. The molecule has 2 aromatic rings. The standard InChI is InChI=1S/C27H27Cl2N3O4S2/c28-17-13-30-14-18(29)20(17)24(34)31-16-6-4-15(5-7-16)12-19(25(35)36)32-22-21(26-37-10-11-38-26)23(33)27(22)8-2-1-3-9-27/h4-7,13-14,19,26,32H,1-3,8-12H2,(H,31,34)(H,35,36)/t19-/m0/s1. The molecule has 1 aliphatic heterocycles. The molecule has 3 N–H and O–H groups in total. The van der Waals surface area contributed by atoms with Gasteiger partial charge in [-0.15, -0.1) is 23.5 Å². The Bertz CT molecular complexity index is 1270. The van der Waals surface area contributed by atoms with Gasteiger partial charge in [0.2, 0.25) is 0 Å². The van der Waals surface area contributed by atoms with Crippen LogP contribution >= 0.6 is 46.7 Å². The number of carboxylic acids is 1. The van der Waals surface area contributed by atoms with Crippen LogP contribution in [-0.4, -0.2) is 49.9 Å². The van der Waals surface area contributed by atoms with Crippen molar-refractivity contribution in [2.75, 3.05) is 16.8 Å². The molecule has 1 amide bonds. The minimum absolute atomic E-state index is 0.0808. The topological polar surface area (TPSA) is 108 Å². The maximum atomic E-state index is 13.4. The van der Waals surface area contributed by atoms with Crippen molar-refractivity contribution in [3.63, 3.8) is 0 Å². The number of pyridine rings is 1. The second-order valence-electron chi connectivity index (χ2n) is 9.70. The van der Waals surface area contributed by atoms with Crippen LogP contribution < -0.4 is 10.6 Å². The SMILES string of the molecule is O=C(Nc1ccc(C[C@H](NC2=C(C3SCCS3)C(=O)C23CCCCC3)C(=O)O)cc1)c1c(Cl)cncc1Cl. The van der Waals surface area contributed by atoms with Crippen molar-refractivity contribution in [3.05, 3.63) is 69.1 Å². The van der Waals surface area contributed by atoms with Crippen molar-refractivity contribution in [1.29, 1.82) is 0 Å². The number of aromatic nitrogens is 1. The fraction of sp³-hybridized carbons (Fsp3) is 0.407. The molecule has 38 heavy (non-hydrogen) atoms. The Kier molecular flexibility index (Phi) is 8.28. The summed E-state index contributed by atoms with van der Waals surface area (Å²) in [6.07, 6.45) is 7.57. The van der Waals surface area contributed by atoms with Crippen LogP contribution in [0, 0.1) is 5.41 Å². The highest BCUT2D eigenvalue weighted by Gasteiger charge is 2.56. The van der Waals surface area contributed by atoms with Crippen LogP contribution in [0.5, 0.6) is 0 Å². The van der Waals surface area contributed by atoms with Crippen LogP contribution in [0.2, 0.25) is 10.0 Å². The van der Waals surface area contributed by atoms with Crippen LogP contribution in [0.1, 0.15) is 48.0 Å². The zero-order valence-electron chi connectivity index (χ0n) is 20.5. The molecule has 1 saturated heterocycles. The van der Waals surface area contributed by atoms with E-state index in [0.717, 1.165) is 60.4 Å². The first-order valence-electron chi connectivity index (χ1n) is 12.5. The lowest BCUT2D eigenvalue weighted by Crippen LogP contribution is -2.55. The summed E-state index contributed by atoms with van der Waals surface area (Å²) < 4.78 is 0.0808. The van der Waals surface area contributed by atoms with Crippen molar-refractivity contribution in [3.8, 4) is 0 Å². The molecule has 3 aliphatic rings. The number of allylic oxidation sites excluding steroid dienone is 1. The summed E-state index contributed by atoms with van der Waals surface area (Å²) in [7, 11) is 0. The number of carboxylic acid groups (broad SMARTS) is 1. The molecule has 5 rings (SSSR count). The first kappa shape index (κ1) is 27.4. The normalized spacial score (nSPS) is 19.8. The van der Waals surface area contributed by atoms with Gasteiger partial charge in [-0.1, -0.05) is 54.6 Å². The number of amides is 1. The van der Waals surface area contributed by atoms with Gasteiger partial charge in [-0.2, -0.15) is 0 Å². The van der Waals surface area contributed by atoms with Crippen molar-refractivity contribution >= 4 is 70.1 Å². The summed E-state index contributed by atoms with van der Waals surface area (Å²) in [5, 5.41) is 16.5. The number of aliphatic carboxylic acids is 1. The summed E-state index contributed by atoms with van der Waals surface area (Å²) in [4.78, 5) is 42.2. The molecule has 1 aromatic heterocycles. The second-order valence-corrected chi connectivity index (χ2v) is 13.2. The average Bonchev–Trinajstić information content (AvgIpc) is 3.43. The molecule has 2 aliphatic carbocycles. The number of rotatable bonds is 8. The highest BCUT2D eigenvalue weighted by molar-refractivity contribution is 8.20.